The summed E-state index contributed by atoms with van der Waals surface area (Å²) in [5, 5.41) is 2.66. The van der Waals surface area contributed by atoms with Gasteiger partial charge in [-0.05, 0) is 31.0 Å². The third-order valence-electron chi connectivity index (χ3n) is 3.61. The fraction of sp³-hybridized carbons (Fsp3) is 0.556. The maximum absolute atomic E-state index is 11.8. The van der Waals surface area contributed by atoms with Crippen LogP contribution in [-0.4, -0.2) is 18.5 Å². The molecule has 1 unspecified atom stereocenters. The first kappa shape index (κ1) is 19.7. The van der Waals surface area contributed by atoms with Gasteiger partial charge in [0.05, 0.1) is 12.6 Å². The van der Waals surface area contributed by atoms with Crippen molar-refractivity contribution in [3.63, 3.8) is 0 Å². The summed E-state index contributed by atoms with van der Waals surface area (Å²) in [7, 11) is 0. The molecule has 0 saturated carbocycles. The summed E-state index contributed by atoms with van der Waals surface area (Å²) >= 11 is 3.39. The number of amides is 1. The van der Waals surface area contributed by atoms with Crippen LogP contribution in [0.25, 0.3) is 0 Å². The van der Waals surface area contributed by atoms with Gasteiger partial charge in [-0.3, -0.25) is 4.79 Å². The van der Waals surface area contributed by atoms with Crippen LogP contribution in [0, 0.1) is 0 Å². The highest BCUT2D eigenvalue weighted by atomic mass is 79.9. The Hall–Kier alpha value is -1.36. The monoisotopic (exact) mass is 383 g/mol. The first-order valence-corrected chi connectivity index (χ1v) is 9.07. The number of hydrogen-bond donors (Lipinski definition) is 1. The largest absolute Gasteiger partial charge is 0.459 e. The topological polar surface area (TPSA) is 55.4 Å². The Kier molecular flexibility index (Phi) is 9.60. The summed E-state index contributed by atoms with van der Waals surface area (Å²) in [6, 6.07) is 7.36. The Morgan fingerprint density at radius 3 is 2.57 bits per heavy atom. The van der Waals surface area contributed by atoms with Crippen LogP contribution in [0.3, 0.4) is 0 Å². The molecule has 0 aromatic heterocycles. The number of rotatable bonds is 9. The Morgan fingerprint density at radius 2 is 1.87 bits per heavy atom. The summed E-state index contributed by atoms with van der Waals surface area (Å²) in [6.07, 6.45) is 6.67. The van der Waals surface area contributed by atoms with E-state index in [1.807, 2.05) is 31.2 Å². The molecular formula is C18H26BrNO3. The number of ether oxygens (including phenoxy) is 1. The molecule has 4 nitrogen and oxygen atoms in total. The van der Waals surface area contributed by atoms with Crippen molar-refractivity contribution in [2.75, 3.05) is 6.61 Å². The second-order valence-electron chi connectivity index (χ2n) is 5.65. The van der Waals surface area contributed by atoms with Gasteiger partial charge in [-0.15, -0.1) is 0 Å². The first-order valence-electron chi connectivity index (χ1n) is 8.27. The fourth-order valence-corrected chi connectivity index (χ4v) is 2.64. The van der Waals surface area contributed by atoms with Crippen LogP contribution in [0.5, 0.6) is 0 Å². The van der Waals surface area contributed by atoms with E-state index in [-0.39, 0.29) is 6.04 Å². The molecule has 0 aliphatic rings. The average Bonchev–Trinajstić information content (AvgIpc) is 2.53. The Bertz CT molecular complexity index is 505. The predicted octanol–water partition coefficient (Wildman–Crippen LogP) is 4.53. The third-order valence-corrected chi connectivity index (χ3v) is 4.11. The maximum Gasteiger partial charge on any atom is 0.396 e. The smallest absolute Gasteiger partial charge is 0.396 e. The second kappa shape index (κ2) is 11.2. The minimum absolute atomic E-state index is 0.249. The zero-order valence-electron chi connectivity index (χ0n) is 13.9. The van der Waals surface area contributed by atoms with E-state index < -0.39 is 11.9 Å². The van der Waals surface area contributed by atoms with Crippen LogP contribution in [0.2, 0.25) is 0 Å². The zero-order chi connectivity index (χ0) is 17.1. The number of hydrogen-bond acceptors (Lipinski definition) is 3. The molecule has 1 N–H and O–H groups in total. The van der Waals surface area contributed by atoms with E-state index >= 15 is 0 Å². The minimum atomic E-state index is -0.805. The van der Waals surface area contributed by atoms with Gasteiger partial charge in [0, 0.05) is 4.47 Å². The van der Waals surface area contributed by atoms with Crippen molar-refractivity contribution >= 4 is 27.8 Å². The molecule has 0 aliphatic carbocycles. The quantitative estimate of drug-likeness (QED) is 0.387. The van der Waals surface area contributed by atoms with Gasteiger partial charge in [-0.2, -0.15) is 0 Å². The molecule has 0 bridgehead atoms. The highest BCUT2D eigenvalue weighted by molar-refractivity contribution is 9.10. The Balaban J connectivity index is 2.24. The molecule has 0 fully saturated rings. The second-order valence-corrected chi connectivity index (χ2v) is 6.57. The molecule has 0 saturated heterocycles. The van der Waals surface area contributed by atoms with Crippen molar-refractivity contribution in [1.82, 2.24) is 5.32 Å². The minimum Gasteiger partial charge on any atom is -0.459 e. The van der Waals surface area contributed by atoms with E-state index in [0.717, 1.165) is 29.3 Å². The average molecular weight is 384 g/mol. The molecule has 128 valence electrons. The van der Waals surface area contributed by atoms with Crippen molar-refractivity contribution in [3.05, 3.63) is 34.3 Å². The van der Waals surface area contributed by atoms with Crippen molar-refractivity contribution in [3.8, 4) is 0 Å². The van der Waals surface area contributed by atoms with Gasteiger partial charge in [0.1, 0.15) is 0 Å². The van der Waals surface area contributed by atoms with E-state index in [1.165, 1.54) is 19.3 Å². The summed E-state index contributed by atoms with van der Waals surface area (Å²) in [5.41, 5.74) is 0.927. The molecule has 0 aliphatic heterocycles. The highest BCUT2D eigenvalue weighted by Gasteiger charge is 2.18. The number of benzene rings is 1. The van der Waals surface area contributed by atoms with E-state index in [4.69, 9.17) is 4.74 Å². The van der Waals surface area contributed by atoms with Crippen LogP contribution >= 0.6 is 15.9 Å². The molecule has 0 heterocycles. The first-order chi connectivity index (χ1) is 11.0. The van der Waals surface area contributed by atoms with Crippen LogP contribution in [0.15, 0.2) is 28.7 Å². The highest BCUT2D eigenvalue weighted by Crippen LogP contribution is 2.17. The molecule has 1 aromatic rings. The fourth-order valence-electron chi connectivity index (χ4n) is 2.23. The van der Waals surface area contributed by atoms with Crippen LogP contribution in [0.4, 0.5) is 0 Å². The van der Waals surface area contributed by atoms with E-state index in [2.05, 4.69) is 28.2 Å². The van der Waals surface area contributed by atoms with Crippen molar-refractivity contribution in [2.24, 2.45) is 0 Å². The number of nitrogens with one attached hydrogen (secondary N) is 1. The van der Waals surface area contributed by atoms with Crippen LogP contribution < -0.4 is 5.32 Å². The summed E-state index contributed by atoms with van der Waals surface area (Å²) in [6.45, 7) is 4.32. The number of esters is 1. The molecule has 1 amide bonds. The van der Waals surface area contributed by atoms with Gasteiger partial charge in [0.15, 0.2) is 0 Å². The van der Waals surface area contributed by atoms with Crippen molar-refractivity contribution in [2.45, 2.75) is 58.4 Å². The molecule has 5 heteroatoms. The standard InChI is InChI=1S/C18H26BrNO3/c1-3-4-5-6-7-8-12-23-18(22)17(21)20-14(2)15-10-9-11-16(19)13-15/h9-11,13-14H,3-8,12H2,1-2H3,(H,20,21). The number of halogens is 1. The lowest BCUT2D eigenvalue weighted by Gasteiger charge is -2.14. The van der Waals surface area contributed by atoms with Gasteiger partial charge >= 0.3 is 11.9 Å². The van der Waals surface area contributed by atoms with E-state index in [1.54, 1.807) is 0 Å². The van der Waals surface area contributed by atoms with Gasteiger partial charge < -0.3 is 10.1 Å². The van der Waals surface area contributed by atoms with Crippen molar-refractivity contribution < 1.29 is 14.3 Å². The molecule has 1 atom stereocenters. The van der Waals surface area contributed by atoms with E-state index in [9.17, 15) is 9.59 Å². The van der Waals surface area contributed by atoms with Gasteiger partial charge in [-0.25, -0.2) is 4.79 Å². The third kappa shape index (κ3) is 8.16. The molecule has 0 spiro atoms. The lowest BCUT2D eigenvalue weighted by Crippen LogP contribution is -2.34. The Morgan fingerprint density at radius 1 is 1.17 bits per heavy atom. The zero-order valence-corrected chi connectivity index (χ0v) is 15.5. The summed E-state index contributed by atoms with van der Waals surface area (Å²) in [5.74, 6) is -1.50. The molecule has 1 rings (SSSR count). The van der Waals surface area contributed by atoms with Crippen molar-refractivity contribution in [1.29, 1.82) is 0 Å². The van der Waals surface area contributed by atoms with Crippen LogP contribution in [-0.2, 0) is 14.3 Å². The molecule has 0 radical (unpaired) electrons. The lowest BCUT2D eigenvalue weighted by molar-refractivity contribution is -0.155. The predicted molar refractivity (Wildman–Crippen MR) is 95.0 cm³/mol. The number of carbonyl (C=O) groups excluding carboxylic acids is 2. The number of unbranched alkanes of at least 4 members (excludes halogenated alkanes) is 5. The normalized spacial score (nSPS) is 11.8. The molecule has 1 aromatic carbocycles. The lowest BCUT2D eigenvalue weighted by atomic mass is 10.1. The maximum atomic E-state index is 11.8. The molecular weight excluding hydrogens is 358 g/mol. The van der Waals surface area contributed by atoms with Gasteiger partial charge in [0.25, 0.3) is 0 Å². The van der Waals surface area contributed by atoms with Crippen LogP contribution in [0.1, 0.15) is 64.0 Å². The summed E-state index contributed by atoms with van der Waals surface area (Å²) < 4.78 is 5.94. The van der Waals surface area contributed by atoms with Gasteiger partial charge in [-0.1, -0.05) is 67.1 Å². The molecule has 23 heavy (non-hydrogen) atoms. The van der Waals surface area contributed by atoms with E-state index in [0.29, 0.717) is 6.61 Å². The SMILES string of the molecule is CCCCCCCCOC(=O)C(=O)NC(C)c1cccc(Br)c1. The number of carbonyl (C=O) groups is 2. The van der Waals surface area contributed by atoms with Gasteiger partial charge in [0.2, 0.25) is 0 Å². The summed E-state index contributed by atoms with van der Waals surface area (Å²) in [4.78, 5) is 23.5. The Labute approximate surface area is 147 Å².